The third kappa shape index (κ3) is 3.32. The lowest BCUT2D eigenvalue weighted by Gasteiger charge is -2.14. The van der Waals surface area contributed by atoms with Crippen LogP contribution < -0.4 is 0 Å². The van der Waals surface area contributed by atoms with E-state index in [1.165, 1.54) is 11.1 Å². The highest BCUT2D eigenvalue weighted by Crippen LogP contribution is 2.26. The van der Waals surface area contributed by atoms with Crippen molar-refractivity contribution in [2.24, 2.45) is 0 Å². The van der Waals surface area contributed by atoms with Crippen LogP contribution in [0, 0.1) is 11.8 Å². The van der Waals surface area contributed by atoms with Gasteiger partial charge in [-0.05, 0) is 47.9 Å². The van der Waals surface area contributed by atoms with Crippen LogP contribution in [0.4, 0.5) is 0 Å². The zero-order chi connectivity index (χ0) is 15.4. The first-order valence-corrected chi connectivity index (χ1v) is 7.86. The van der Waals surface area contributed by atoms with Crippen LogP contribution in [-0.4, -0.2) is 7.11 Å². The molecular weight excluding hydrogens is 336 g/mol. The van der Waals surface area contributed by atoms with Gasteiger partial charge in [0.25, 0.3) is 0 Å². The number of rotatable bonds is 1. The van der Waals surface area contributed by atoms with Crippen LogP contribution >= 0.6 is 15.9 Å². The van der Waals surface area contributed by atoms with E-state index < -0.39 is 0 Å². The number of hydrogen-bond donors (Lipinski definition) is 0. The minimum atomic E-state index is 0.954. The molecule has 0 N–H and O–H groups in total. The Kier molecular flexibility index (Phi) is 4.46. The maximum Gasteiger partial charge on any atom is 0.0903 e. The summed E-state index contributed by atoms with van der Waals surface area (Å²) < 4.78 is 6.21. The van der Waals surface area contributed by atoms with Crippen LogP contribution in [0.3, 0.4) is 0 Å². The molecule has 2 heteroatoms. The fourth-order valence-corrected chi connectivity index (χ4v) is 2.84. The molecule has 0 heterocycles. The van der Waals surface area contributed by atoms with E-state index in [9.17, 15) is 0 Å². The number of benzene rings is 2. The van der Waals surface area contributed by atoms with Crippen molar-refractivity contribution in [2.45, 2.75) is 6.42 Å². The Morgan fingerprint density at radius 1 is 1.09 bits per heavy atom. The smallest absolute Gasteiger partial charge is 0.0903 e. The Balaban J connectivity index is 1.95. The predicted molar refractivity (Wildman–Crippen MR) is 94.4 cm³/mol. The maximum absolute atomic E-state index is 5.17. The highest BCUT2D eigenvalue weighted by atomic mass is 79.9. The summed E-state index contributed by atoms with van der Waals surface area (Å²) in [6.07, 6.45) is 6.98. The van der Waals surface area contributed by atoms with E-state index in [4.69, 9.17) is 4.74 Å². The average Bonchev–Trinajstić information content (AvgIpc) is 2.54. The highest BCUT2D eigenvalue weighted by molar-refractivity contribution is 9.10. The van der Waals surface area contributed by atoms with Gasteiger partial charge in [0.1, 0.15) is 0 Å². The zero-order valence-electron chi connectivity index (χ0n) is 12.3. The number of fused-ring (bicyclic) bond motifs is 1. The number of halogens is 1. The quantitative estimate of drug-likeness (QED) is 0.522. The first kappa shape index (κ1) is 14.7. The van der Waals surface area contributed by atoms with Gasteiger partial charge >= 0.3 is 0 Å². The van der Waals surface area contributed by atoms with Gasteiger partial charge in [-0.15, -0.1) is 0 Å². The van der Waals surface area contributed by atoms with Crippen LogP contribution in [-0.2, 0) is 11.2 Å². The maximum atomic E-state index is 5.17. The third-order valence-electron chi connectivity index (χ3n) is 3.48. The van der Waals surface area contributed by atoms with E-state index in [0.29, 0.717) is 0 Å². The summed E-state index contributed by atoms with van der Waals surface area (Å²) in [6.45, 7) is 0. The van der Waals surface area contributed by atoms with E-state index in [-0.39, 0.29) is 0 Å². The molecule has 108 valence electrons. The van der Waals surface area contributed by atoms with E-state index in [1.807, 2.05) is 24.3 Å². The minimum absolute atomic E-state index is 0.954. The number of allylic oxidation sites excluding steroid dienone is 3. The number of hydrogen-bond acceptors (Lipinski definition) is 1. The largest absolute Gasteiger partial charge is 0.504 e. The summed E-state index contributed by atoms with van der Waals surface area (Å²) in [5.41, 5.74) is 5.61. The second-order valence-electron chi connectivity index (χ2n) is 5.05. The molecule has 1 aliphatic carbocycles. The second kappa shape index (κ2) is 6.68. The van der Waals surface area contributed by atoms with Gasteiger partial charge in [0.05, 0.1) is 13.4 Å². The van der Waals surface area contributed by atoms with Crippen molar-refractivity contribution in [3.63, 3.8) is 0 Å². The highest BCUT2D eigenvalue weighted by Gasteiger charge is 2.10. The molecule has 1 aliphatic rings. The van der Waals surface area contributed by atoms with Crippen LogP contribution in [0.1, 0.15) is 22.3 Å². The van der Waals surface area contributed by atoms with Crippen LogP contribution in [0.2, 0.25) is 0 Å². The summed E-state index contributed by atoms with van der Waals surface area (Å²) in [4.78, 5) is 0. The van der Waals surface area contributed by atoms with E-state index in [2.05, 4.69) is 58.1 Å². The molecule has 2 aromatic rings. The van der Waals surface area contributed by atoms with Crippen LogP contribution in [0.25, 0.3) is 5.57 Å². The van der Waals surface area contributed by atoms with Gasteiger partial charge in [-0.25, -0.2) is 0 Å². The van der Waals surface area contributed by atoms with Gasteiger partial charge < -0.3 is 4.74 Å². The Labute approximate surface area is 139 Å². The molecule has 0 radical (unpaired) electrons. The van der Waals surface area contributed by atoms with Crippen molar-refractivity contribution >= 4 is 21.5 Å². The molecule has 1 nitrogen and oxygen atoms in total. The molecule has 0 unspecified atom stereocenters. The molecule has 0 atom stereocenters. The fourth-order valence-electron chi connectivity index (χ4n) is 2.44. The Hall–Kier alpha value is -2.24. The van der Waals surface area contributed by atoms with Crippen molar-refractivity contribution in [3.8, 4) is 11.8 Å². The standard InChI is InChI=1S/C20H15BrO/c1-22-14-18-6-3-5-17-11-10-16(13-20(17)18)9-8-15-4-2-7-19(21)12-15/h2-4,6-7,10-14H,5H2,1H3. The second-order valence-corrected chi connectivity index (χ2v) is 5.96. The van der Waals surface area contributed by atoms with Gasteiger partial charge in [-0.2, -0.15) is 0 Å². The molecular formula is C20H15BrO. The van der Waals surface area contributed by atoms with Gasteiger partial charge in [0.2, 0.25) is 0 Å². The molecule has 0 saturated carbocycles. The Morgan fingerprint density at radius 3 is 2.68 bits per heavy atom. The van der Waals surface area contributed by atoms with E-state index in [0.717, 1.165) is 27.6 Å². The van der Waals surface area contributed by atoms with Crippen LogP contribution in [0.5, 0.6) is 0 Å². The molecule has 0 fully saturated rings. The number of methoxy groups -OCH3 is 1. The summed E-state index contributed by atoms with van der Waals surface area (Å²) in [5.74, 6) is 6.44. The lowest BCUT2D eigenvalue weighted by Crippen LogP contribution is -1.97. The monoisotopic (exact) mass is 350 g/mol. The van der Waals surface area contributed by atoms with Crippen molar-refractivity contribution in [2.75, 3.05) is 7.11 Å². The molecule has 0 amide bonds. The lowest BCUT2D eigenvalue weighted by atomic mass is 9.91. The normalized spacial score (nSPS) is 14.2. The van der Waals surface area contributed by atoms with Gasteiger partial charge in [0.15, 0.2) is 0 Å². The van der Waals surface area contributed by atoms with Gasteiger partial charge in [-0.1, -0.05) is 52.1 Å². The summed E-state index contributed by atoms with van der Waals surface area (Å²) >= 11 is 3.47. The fraction of sp³-hybridized carbons (Fsp3) is 0.100. The van der Waals surface area contributed by atoms with Crippen molar-refractivity contribution < 1.29 is 4.74 Å². The van der Waals surface area contributed by atoms with E-state index >= 15 is 0 Å². The Bertz CT molecular complexity index is 819. The summed E-state index contributed by atoms with van der Waals surface area (Å²) in [6, 6.07) is 14.4. The Morgan fingerprint density at radius 2 is 1.91 bits per heavy atom. The summed E-state index contributed by atoms with van der Waals surface area (Å²) in [7, 11) is 1.67. The van der Waals surface area contributed by atoms with Gasteiger partial charge in [0, 0.05) is 21.2 Å². The minimum Gasteiger partial charge on any atom is -0.504 e. The topological polar surface area (TPSA) is 9.23 Å². The predicted octanol–water partition coefficient (Wildman–Crippen LogP) is 4.95. The van der Waals surface area contributed by atoms with Crippen molar-refractivity contribution in [1.29, 1.82) is 0 Å². The van der Waals surface area contributed by atoms with Crippen LogP contribution in [0.15, 0.2) is 65.4 Å². The van der Waals surface area contributed by atoms with Crippen molar-refractivity contribution in [3.05, 3.63) is 87.6 Å². The van der Waals surface area contributed by atoms with E-state index in [1.54, 1.807) is 13.4 Å². The average molecular weight is 351 g/mol. The molecule has 0 aliphatic heterocycles. The molecule has 0 aromatic heterocycles. The lowest BCUT2D eigenvalue weighted by molar-refractivity contribution is 0.340. The summed E-state index contributed by atoms with van der Waals surface area (Å²) in [5, 5.41) is 0. The SMILES string of the molecule is COC=C1C=CCc2ccc(C#Cc3cccc(Br)c3)cc21. The molecule has 0 bridgehead atoms. The third-order valence-corrected chi connectivity index (χ3v) is 3.97. The molecule has 22 heavy (non-hydrogen) atoms. The first-order chi connectivity index (χ1) is 10.8. The number of ether oxygens (including phenoxy) is 1. The van der Waals surface area contributed by atoms with Crippen molar-refractivity contribution in [1.82, 2.24) is 0 Å². The van der Waals surface area contributed by atoms with Gasteiger partial charge in [-0.3, -0.25) is 0 Å². The molecule has 0 saturated heterocycles. The first-order valence-electron chi connectivity index (χ1n) is 7.06. The molecule has 3 rings (SSSR count). The molecule has 2 aromatic carbocycles. The molecule has 0 spiro atoms. The zero-order valence-corrected chi connectivity index (χ0v) is 13.9.